The number of aromatic nitrogens is 1. The molecule has 1 heterocycles. The molecule has 0 atom stereocenters. The maximum absolute atomic E-state index is 13.3. The van der Waals surface area contributed by atoms with Crippen LogP contribution in [0, 0.1) is 5.82 Å². The van der Waals surface area contributed by atoms with Gasteiger partial charge in [0.25, 0.3) is 0 Å². The van der Waals surface area contributed by atoms with Crippen molar-refractivity contribution < 1.29 is 9.13 Å². The summed E-state index contributed by atoms with van der Waals surface area (Å²) in [5, 5.41) is 0.307. The molecule has 1 aromatic carbocycles. The number of nitrogens with two attached hydrogens (primary N) is 1. The predicted octanol–water partition coefficient (Wildman–Crippen LogP) is 3.04. The molecule has 0 aliphatic rings. The van der Waals surface area contributed by atoms with Crippen molar-refractivity contribution in [3.05, 3.63) is 52.9 Å². The van der Waals surface area contributed by atoms with E-state index in [0.717, 1.165) is 0 Å². The number of hydrogen-bond donors (Lipinski definition) is 1. The monoisotopic (exact) mass is 252 g/mol. The van der Waals surface area contributed by atoms with Gasteiger partial charge in [-0.15, -0.1) is 0 Å². The second-order valence-corrected chi connectivity index (χ2v) is 3.84. The molecule has 17 heavy (non-hydrogen) atoms. The molecule has 88 valence electrons. The number of ether oxygens (including phenoxy) is 1. The van der Waals surface area contributed by atoms with Crippen LogP contribution < -0.4 is 10.5 Å². The van der Waals surface area contributed by atoms with Crippen molar-refractivity contribution in [3.63, 3.8) is 0 Å². The summed E-state index contributed by atoms with van der Waals surface area (Å²) >= 11 is 5.87. The highest BCUT2D eigenvalue weighted by atomic mass is 35.5. The molecular weight excluding hydrogens is 243 g/mol. The van der Waals surface area contributed by atoms with E-state index in [4.69, 9.17) is 22.1 Å². The van der Waals surface area contributed by atoms with Crippen LogP contribution in [0.5, 0.6) is 5.88 Å². The molecule has 0 radical (unpaired) electrons. The van der Waals surface area contributed by atoms with Gasteiger partial charge < -0.3 is 10.5 Å². The number of halogens is 2. The van der Waals surface area contributed by atoms with Crippen molar-refractivity contribution in [2.24, 2.45) is 0 Å². The van der Waals surface area contributed by atoms with Gasteiger partial charge in [0.15, 0.2) is 0 Å². The number of nitrogen functional groups attached to an aromatic ring is 1. The summed E-state index contributed by atoms with van der Waals surface area (Å²) in [5.74, 6) is -0.0804. The quantitative estimate of drug-likeness (QED) is 0.913. The van der Waals surface area contributed by atoms with E-state index in [2.05, 4.69) is 4.98 Å². The van der Waals surface area contributed by atoms with Gasteiger partial charge in [-0.3, -0.25) is 0 Å². The molecule has 0 unspecified atom stereocenters. The van der Waals surface area contributed by atoms with Gasteiger partial charge in [-0.25, -0.2) is 9.37 Å². The van der Waals surface area contributed by atoms with Crippen LogP contribution in [-0.2, 0) is 6.61 Å². The second-order valence-electron chi connectivity index (χ2n) is 3.44. The molecule has 0 amide bonds. The van der Waals surface area contributed by atoms with E-state index < -0.39 is 0 Å². The van der Waals surface area contributed by atoms with Gasteiger partial charge in [-0.1, -0.05) is 29.8 Å². The second kappa shape index (κ2) is 5.01. The highest BCUT2D eigenvalue weighted by Gasteiger charge is 2.06. The lowest BCUT2D eigenvalue weighted by molar-refractivity contribution is 0.288. The Hall–Kier alpha value is -1.81. The molecule has 0 spiro atoms. The van der Waals surface area contributed by atoms with E-state index in [-0.39, 0.29) is 18.3 Å². The Balaban J connectivity index is 2.10. The minimum Gasteiger partial charge on any atom is -0.472 e. The summed E-state index contributed by atoms with van der Waals surface area (Å²) in [6, 6.07) is 7.90. The molecule has 0 bridgehead atoms. The topological polar surface area (TPSA) is 48.1 Å². The fourth-order valence-electron chi connectivity index (χ4n) is 1.31. The Bertz CT molecular complexity index is 534. The summed E-state index contributed by atoms with van der Waals surface area (Å²) in [7, 11) is 0. The normalized spacial score (nSPS) is 10.2. The van der Waals surface area contributed by atoms with Crippen molar-refractivity contribution in [2.45, 2.75) is 6.61 Å². The van der Waals surface area contributed by atoms with Gasteiger partial charge in [0.2, 0.25) is 5.88 Å². The largest absolute Gasteiger partial charge is 0.472 e. The lowest BCUT2D eigenvalue weighted by Crippen LogP contribution is -2.00. The van der Waals surface area contributed by atoms with Gasteiger partial charge in [0.1, 0.15) is 17.4 Å². The lowest BCUT2D eigenvalue weighted by atomic mass is 10.2. The molecule has 2 N–H and O–H groups in total. The van der Waals surface area contributed by atoms with Crippen LogP contribution in [0.2, 0.25) is 5.02 Å². The van der Waals surface area contributed by atoms with Crippen molar-refractivity contribution in [1.29, 1.82) is 0 Å². The fourth-order valence-corrected chi connectivity index (χ4v) is 1.54. The van der Waals surface area contributed by atoms with Crippen LogP contribution in [0.1, 0.15) is 5.56 Å². The number of pyridine rings is 1. The van der Waals surface area contributed by atoms with Crippen molar-refractivity contribution >= 4 is 17.3 Å². The smallest absolute Gasteiger partial charge is 0.233 e. The molecule has 0 aliphatic heterocycles. The van der Waals surface area contributed by atoms with Gasteiger partial charge in [0, 0.05) is 5.56 Å². The van der Waals surface area contributed by atoms with E-state index in [0.29, 0.717) is 16.3 Å². The maximum atomic E-state index is 13.3. The minimum atomic E-state index is -0.320. The van der Waals surface area contributed by atoms with Gasteiger partial charge in [-0.05, 0) is 12.1 Å². The molecule has 5 heteroatoms. The molecule has 2 aromatic rings. The Labute approximate surface area is 103 Å². The molecule has 1 aromatic heterocycles. The molecular formula is C12H10ClFN2O. The van der Waals surface area contributed by atoms with Crippen LogP contribution in [0.15, 0.2) is 36.5 Å². The summed E-state index contributed by atoms with van der Waals surface area (Å²) in [4.78, 5) is 3.92. The van der Waals surface area contributed by atoms with Crippen LogP contribution in [0.3, 0.4) is 0 Å². The molecule has 3 nitrogen and oxygen atoms in total. The predicted molar refractivity (Wildman–Crippen MR) is 64.4 cm³/mol. The zero-order valence-electron chi connectivity index (χ0n) is 8.86. The summed E-state index contributed by atoms with van der Waals surface area (Å²) in [5.41, 5.74) is 6.39. The van der Waals surface area contributed by atoms with E-state index in [1.807, 2.05) is 0 Å². The van der Waals surface area contributed by atoms with Crippen LogP contribution in [0.25, 0.3) is 0 Å². The van der Waals surface area contributed by atoms with Gasteiger partial charge in [0.05, 0.1) is 11.9 Å². The molecule has 0 aliphatic carbocycles. The number of nitrogens with zero attached hydrogens (tertiary/aromatic N) is 1. The van der Waals surface area contributed by atoms with Crippen molar-refractivity contribution in [1.82, 2.24) is 4.98 Å². The molecule has 0 fully saturated rings. The zero-order valence-corrected chi connectivity index (χ0v) is 9.62. The Kier molecular flexibility index (Phi) is 3.44. The first-order valence-electron chi connectivity index (χ1n) is 4.94. The van der Waals surface area contributed by atoms with E-state index in [1.165, 1.54) is 18.3 Å². The van der Waals surface area contributed by atoms with Crippen molar-refractivity contribution in [3.8, 4) is 5.88 Å². The summed E-state index contributed by atoms with van der Waals surface area (Å²) in [6.45, 7) is 0.0727. The third-order valence-corrected chi connectivity index (χ3v) is 2.42. The fraction of sp³-hybridized carbons (Fsp3) is 0.0833. The SMILES string of the molecule is Nc1cnc(OCc2ccccc2F)c(Cl)c1. The van der Waals surface area contributed by atoms with Crippen LogP contribution >= 0.6 is 11.6 Å². The highest BCUT2D eigenvalue weighted by molar-refractivity contribution is 6.32. The number of rotatable bonds is 3. The van der Waals surface area contributed by atoms with Crippen molar-refractivity contribution in [2.75, 3.05) is 5.73 Å². The van der Waals surface area contributed by atoms with Crippen LogP contribution in [0.4, 0.5) is 10.1 Å². The number of anilines is 1. The molecule has 0 saturated carbocycles. The van der Waals surface area contributed by atoms with E-state index in [1.54, 1.807) is 18.2 Å². The first-order valence-corrected chi connectivity index (χ1v) is 5.32. The van der Waals surface area contributed by atoms with E-state index >= 15 is 0 Å². The Morgan fingerprint density at radius 3 is 2.82 bits per heavy atom. The lowest BCUT2D eigenvalue weighted by Gasteiger charge is -2.07. The summed E-state index contributed by atoms with van der Waals surface area (Å²) < 4.78 is 18.6. The number of benzene rings is 1. The average molecular weight is 253 g/mol. The third kappa shape index (κ3) is 2.85. The standard InChI is InChI=1S/C12H10ClFN2O/c13-10-5-9(15)6-16-12(10)17-7-8-3-1-2-4-11(8)14/h1-6H,7,15H2. The molecule has 0 saturated heterocycles. The summed E-state index contributed by atoms with van der Waals surface area (Å²) in [6.07, 6.45) is 1.43. The zero-order chi connectivity index (χ0) is 12.3. The Morgan fingerprint density at radius 2 is 2.12 bits per heavy atom. The first-order chi connectivity index (χ1) is 8.16. The van der Waals surface area contributed by atoms with Gasteiger partial charge >= 0.3 is 0 Å². The van der Waals surface area contributed by atoms with Crippen LogP contribution in [-0.4, -0.2) is 4.98 Å². The highest BCUT2D eigenvalue weighted by Crippen LogP contribution is 2.24. The average Bonchev–Trinajstić information content (AvgIpc) is 2.30. The third-order valence-electron chi connectivity index (χ3n) is 2.15. The molecule has 2 rings (SSSR count). The number of hydrogen-bond acceptors (Lipinski definition) is 3. The maximum Gasteiger partial charge on any atom is 0.233 e. The first kappa shape index (κ1) is 11.7. The van der Waals surface area contributed by atoms with E-state index in [9.17, 15) is 4.39 Å². The Morgan fingerprint density at radius 1 is 1.35 bits per heavy atom. The minimum absolute atomic E-state index is 0.0727. The van der Waals surface area contributed by atoms with Gasteiger partial charge in [-0.2, -0.15) is 0 Å².